The number of rotatable bonds is 5. The second-order valence-corrected chi connectivity index (χ2v) is 6.70. The van der Waals surface area contributed by atoms with Crippen LogP contribution in [0.25, 0.3) is 0 Å². The molecular weight excluding hydrogens is 369 g/mol. The van der Waals surface area contributed by atoms with Crippen LogP contribution in [0.5, 0.6) is 0 Å². The zero-order valence-corrected chi connectivity index (χ0v) is 15.9. The van der Waals surface area contributed by atoms with Gasteiger partial charge in [0.1, 0.15) is 0 Å². The second kappa shape index (κ2) is 8.38. The summed E-state index contributed by atoms with van der Waals surface area (Å²) in [6, 6.07) is 0. The normalized spacial score (nSPS) is 19.6. The number of ether oxygens (including phenoxy) is 2. The summed E-state index contributed by atoms with van der Waals surface area (Å²) in [6.45, 7) is 12.0. The summed E-state index contributed by atoms with van der Waals surface area (Å²) in [7, 11) is 3.54. The zero-order chi connectivity index (χ0) is 14.5. The maximum absolute atomic E-state index is 5.52. The van der Waals surface area contributed by atoms with Crippen LogP contribution in [0.1, 0.15) is 27.7 Å². The van der Waals surface area contributed by atoms with E-state index in [0.29, 0.717) is 0 Å². The Hall–Kier alpha value is -0.0800. The SMILES string of the molecule is CN=C(NCC(OC)C(C)(C)C)NCC1(C)COC1.I. The largest absolute Gasteiger partial charge is 0.380 e. The number of guanidine groups is 1. The molecule has 0 spiro atoms. The number of aliphatic imine (C=N–C) groups is 1. The van der Waals surface area contributed by atoms with Crippen molar-refractivity contribution in [1.82, 2.24) is 10.6 Å². The molecule has 0 aromatic carbocycles. The van der Waals surface area contributed by atoms with Crippen LogP contribution < -0.4 is 10.6 Å². The molecule has 20 heavy (non-hydrogen) atoms. The van der Waals surface area contributed by atoms with Crippen molar-refractivity contribution < 1.29 is 9.47 Å². The van der Waals surface area contributed by atoms with Crippen LogP contribution >= 0.6 is 24.0 Å². The predicted octanol–water partition coefficient (Wildman–Crippen LogP) is 1.87. The lowest BCUT2D eigenvalue weighted by atomic mass is 9.88. The maximum Gasteiger partial charge on any atom is 0.191 e. The van der Waals surface area contributed by atoms with Crippen molar-refractivity contribution in [1.29, 1.82) is 0 Å². The number of halogens is 1. The molecule has 1 aliphatic rings. The van der Waals surface area contributed by atoms with E-state index in [2.05, 4.69) is 43.3 Å². The van der Waals surface area contributed by atoms with E-state index >= 15 is 0 Å². The Morgan fingerprint density at radius 3 is 2.30 bits per heavy atom. The van der Waals surface area contributed by atoms with Gasteiger partial charge in [-0.05, 0) is 5.41 Å². The Labute approximate surface area is 140 Å². The zero-order valence-electron chi connectivity index (χ0n) is 13.6. The maximum atomic E-state index is 5.52. The van der Waals surface area contributed by atoms with Gasteiger partial charge in [0.2, 0.25) is 0 Å². The summed E-state index contributed by atoms with van der Waals surface area (Å²) in [5, 5.41) is 6.67. The van der Waals surface area contributed by atoms with E-state index in [1.165, 1.54) is 0 Å². The van der Waals surface area contributed by atoms with E-state index in [0.717, 1.165) is 32.3 Å². The number of nitrogens with zero attached hydrogens (tertiary/aromatic N) is 1. The van der Waals surface area contributed by atoms with E-state index in [1.807, 2.05) is 0 Å². The average Bonchev–Trinajstić information content (AvgIpc) is 2.29. The topological polar surface area (TPSA) is 54.9 Å². The Morgan fingerprint density at radius 1 is 1.35 bits per heavy atom. The van der Waals surface area contributed by atoms with Crippen molar-refractivity contribution in [2.45, 2.75) is 33.8 Å². The van der Waals surface area contributed by atoms with E-state index in [1.54, 1.807) is 14.2 Å². The monoisotopic (exact) mass is 399 g/mol. The fraction of sp³-hybridized carbons (Fsp3) is 0.929. The Balaban J connectivity index is 0.00000361. The van der Waals surface area contributed by atoms with Crippen LogP contribution in [-0.4, -0.2) is 52.5 Å². The van der Waals surface area contributed by atoms with Crippen LogP contribution in [0.4, 0.5) is 0 Å². The van der Waals surface area contributed by atoms with Crippen molar-refractivity contribution in [3.63, 3.8) is 0 Å². The van der Waals surface area contributed by atoms with Gasteiger partial charge >= 0.3 is 0 Å². The highest BCUT2D eigenvalue weighted by Gasteiger charge is 2.33. The first-order valence-corrected chi connectivity index (χ1v) is 6.86. The predicted molar refractivity (Wildman–Crippen MR) is 94.0 cm³/mol. The van der Waals surface area contributed by atoms with Crippen LogP contribution in [0.2, 0.25) is 0 Å². The van der Waals surface area contributed by atoms with Crippen molar-refractivity contribution in [3.8, 4) is 0 Å². The minimum absolute atomic E-state index is 0. The van der Waals surface area contributed by atoms with Crippen molar-refractivity contribution in [3.05, 3.63) is 0 Å². The first-order valence-electron chi connectivity index (χ1n) is 6.86. The molecule has 0 amide bonds. The first kappa shape index (κ1) is 19.9. The summed E-state index contributed by atoms with van der Waals surface area (Å²) in [6.07, 6.45) is 0.147. The van der Waals surface area contributed by atoms with Gasteiger partial charge < -0.3 is 20.1 Å². The lowest BCUT2D eigenvalue weighted by molar-refractivity contribution is -0.0971. The molecule has 0 aliphatic carbocycles. The summed E-state index contributed by atoms with van der Waals surface area (Å²) in [5.41, 5.74) is 0.344. The van der Waals surface area contributed by atoms with Gasteiger partial charge in [0, 0.05) is 32.7 Å². The van der Waals surface area contributed by atoms with Gasteiger partial charge in [0.05, 0.1) is 19.3 Å². The highest BCUT2D eigenvalue weighted by Crippen LogP contribution is 2.25. The summed E-state index contributed by atoms with van der Waals surface area (Å²) in [5.74, 6) is 0.819. The van der Waals surface area contributed by atoms with E-state index in [-0.39, 0.29) is 40.9 Å². The van der Waals surface area contributed by atoms with E-state index in [9.17, 15) is 0 Å². The lowest BCUT2D eigenvalue weighted by Gasteiger charge is -2.38. The summed E-state index contributed by atoms with van der Waals surface area (Å²) >= 11 is 0. The molecule has 1 heterocycles. The quantitative estimate of drug-likeness (QED) is 0.421. The fourth-order valence-corrected chi connectivity index (χ4v) is 2.00. The number of nitrogens with one attached hydrogen (secondary N) is 2. The smallest absolute Gasteiger partial charge is 0.191 e. The minimum atomic E-state index is 0. The molecule has 0 radical (unpaired) electrons. The molecule has 1 fully saturated rings. The molecule has 5 nitrogen and oxygen atoms in total. The van der Waals surface area contributed by atoms with Crippen LogP contribution in [0, 0.1) is 10.8 Å². The minimum Gasteiger partial charge on any atom is -0.380 e. The molecule has 1 rings (SSSR count). The van der Waals surface area contributed by atoms with Crippen LogP contribution in [0.3, 0.4) is 0 Å². The lowest BCUT2D eigenvalue weighted by Crippen LogP contribution is -2.52. The van der Waals surface area contributed by atoms with Gasteiger partial charge in [0.15, 0.2) is 5.96 Å². The molecule has 0 saturated carbocycles. The third-order valence-corrected chi connectivity index (χ3v) is 3.51. The Morgan fingerprint density at radius 2 is 1.95 bits per heavy atom. The van der Waals surface area contributed by atoms with Gasteiger partial charge in [-0.15, -0.1) is 24.0 Å². The standard InChI is InChI=1S/C14H29N3O2.HI/c1-13(2,3)11(18-6)7-16-12(15-5)17-8-14(4)9-19-10-14;/h11H,7-10H2,1-6H3,(H2,15,16,17);1H. The molecule has 1 unspecified atom stereocenters. The van der Waals surface area contributed by atoms with Gasteiger partial charge in [-0.2, -0.15) is 0 Å². The second-order valence-electron chi connectivity index (χ2n) is 6.70. The first-order chi connectivity index (χ1) is 8.80. The Bertz CT molecular complexity index is 312. The summed E-state index contributed by atoms with van der Waals surface area (Å²) in [4.78, 5) is 4.24. The number of methoxy groups -OCH3 is 1. The van der Waals surface area contributed by atoms with Crippen LogP contribution in [0.15, 0.2) is 4.99 Å². The molecule has 0 aromatic heterocycles. The van der Waals surface area contributed by atoms with Gasteiger partial charge in [-0.1, -0.05) is 27.7 Å². The molecule has 1 aliphatic heterocycles. The van der Waals surface area contributed by atoms with Crippen LogP contribution in [-0.2, 0) is 9.47 Å². The third kappa shape index (κ3) is 6.13. The third-order valence-electron chi connectivity index (χ3n) is 3.51. The van der Waals surface area contributed by atoms with Gasteiger partial charge in [-0.3, -0.25) is 4.99 Å². The van der Waals surface area contributed by atoms with Crippen molar-refractivity contribution >= 4 is 29.9 Å². The van der Waals surface area contributed by atoms with Gasteiger partial charge in [0.25, 0.3) is 0 Å². The van der Waals surface area contributed by atoms with Crippen molar-refractivity contribution in [2.24, 2.45) is 15.8 Å². The molecule has 2 N–H and O–H groups in total. The molecular formula is C14H30IN3O2. The highest BCUT2D eigenvalue weighted by molar-refractivity contribution is 14.0. The molecule has 1 atom stereocenters. The molecule has 0 aromatic rings. The summed E-state index contributed by atoms with van der Waals surface area (Å²) < 4.78 is 10.8. The van der Waals surface area contributed by atoms with E-state index in [4.69, 9.17) is 9.47 Å². The Kier molecular flexibility index (Phi) is 8.35. The molecule has 1 saturated heterocycles. The van der Waals surface area contributed by atoms with E-state index < -0.39 is 0 Å². The average molecular weight is 399 g/mol. The highest BCUT2D eigenvalue weighted by atomic mass is 127. The fourth-order valence-electron chi connectivity index (χ4n) is 2.00. The molecule has 0 bridgehead atoms. The molecule has 6 heteroatoms. The van der Waals surface area contributed by atoms with Crippen molar-refractivity contribution in [2.75, 3.05) is 40.5 Å². The number of hydrogen-bond donors (Lipinski definition) is 2. The molecule has 120 valence electrons. The van der Waals surface area contributed by atoms with Gasteiger partial charge in [-0.25, -0.2) is 0 Å². The number of hydrogen-bond acceptors (Lipinski definition) is 3.